The highest BCUT2D eigenvalue weighted by molar-refractivity contribution is 9.10. The van der Waals surface area contributed by atoms with Crippen molar-refractivity contribution < 1.29 is 5.11 Å². The molecule has 0 radical (unpaired) electrons. The van der Waals surface area contributed by atoms with E-state index in [0.717, 1.165) is 22.9 Å². The molecule has 3 nitrogen and oxygen atoms in total. The van der Waals surface area contributed by atoms with Crippen LogP contribution in [0.15, 0.2) is 41.1 Å². The van der Waals surface area contributed by atoms with Crippen LogP contribution in [-0.2, 0) is 19.9 Å². The lowest BCUT2D eigenvalue weighted by atomic mass is 9.91. The Morgan fingerprint density at radius 2 is 1.95 bits per heavy atom. The van der Waals surface area contributed by atoms with Crippen LogP contribution < -0.4 is 0 Å². The molecule has 2 aromatic rings. The van der Waals surface area contributed by atoms with E-state index in [1.165, 1.54) is 5.56 Å². The van der Waals surface area contributed by atoms with E-state index in [4.69, 9.17) is 0 Å². The molecule has 0 fully saturated rings. The van der Waals surface area contributed by atoms with E-state index in [2.05, 4.69) is 21.0 Å². The van der Waals surface area contributed by atoms with Gasteiger partial charge < -0.3 is 5.11 Å². The van der Waals surface area contributed by atoms with Gasteiger partial charge in [-0.05, 0) is 43.0 Å². The Bertz CT molecular complexity index is 531. The second-order valence-corrected chi connectivity index (χ2v) is 6.24. The second-order valence-electron chi connectivity index (χ2n) is 5.32. The number of nitrogens with zero attached hydrogens (tertiary/aromatic N) is 2. The predicted octanol–water partition coefficient (Wildman–Crippen LogP) is 3.11. The Morgan fingerprint density at radius 1 is 1.26 bits per heavy atom. The summed E-state index contributed by atoms with van der Waals surface area (Å²) in [6, 6.07) is 8.10. The van der Waals surface area contributed by atoms with Gasteiger partial charge in [0.15, 0.2) is 0 Å². The van der Waals surface area contributed by atoms with Gasteiger partial charge in [0, 0.05) is 24.1 Å². The molecule has 0 saturated heterocycles. The predicted molar refractivity (Wildman–Crippen MR) is 80.0 cm³/mol. The van der Waals surface area contributed by atoms with Crippen molar-refractivity contribution in [2.75, 3.05) is 0 Å². The van der Waals surface area contributed by atoms with Gasteiger partial charge in [-0.3, -0.25) is 4.68 Å². The maximum Gasteiger partial charge on any atom is 0.0663 e. The van der Waals surface area contributed by atoms with Crippen molar-refractivity contribution in [2.24, 2.45) is 7.05 Å². The smallest absolute Gasteiger partial charge is 0.0663 e. The molecule has 0 aliphatic carbocycles. The highest BCUT2D eigenvalue weighted by Crippen LogP contribution is 2.20. The van der Waals surface area contributed by atoms with Crippen molar-refractivity contribution in [1.29, 1.82) is 0 Å². The SMILES string of the molecule is Cn1cc(CCC(C)(O)Cc2ccc(Br)cc2)cn1. The molecule has 2 rings (SSSR count). The first-order valence-corrected chi connectivity index (χ1v) is 7.18. The number of aromatic nitrogens is 2. The largest absolute Gasteiger partial charge is 0.390 e. The number of aliphatic hydroxyl groups is 1. The molecule has 1 aromatic carbocycles. The third-order valence-electron chi connectivity index (χ3n) is 3.21. The van der Waals surface area contributed by atoms with Crippen LogP contribution in [0.25, 0.3) is 0 Å². The summed E-state index contributed by atoms with van der Waals surface area (Å²) in [6.07, 6.45) is 6.10. The van der Waals surface area contributed by atoms with E-state index in [0.29, 0.717) is 6.42 Å². The van der Waals surface area contributed by atoms with Crippen molar-refractivity contribution in [3.63, 3.8) is 0 Å². The Kier molecular flexibility index (Phi) is 4.42. The van der Waals surface area contributed by atoms with Crippen molar-refractivity contribution >= 4 is 15.9 Å². The first-order valence-electron chi connectivity index (χ1n) is 6.39. The molecular formula is C15H19BrN2O. The Balaban J connectivity index is 1.92. The molecule has 1 atom stereocenters. The van der Waals surface area contributed by atoms with Gasteiger partial charge in [-0.1, -0.05) is 28.1 Å². The minimum absolute atomic E-state index is 0.667. The van der Waals surface area contributed by atoms with Crippen LogP contribution in [0.2, 0.25) is 0 Å². The van der Waals surface area contributed by atoms with Crippen molar-refractivity contribution in [2.45, 2.75) is 31.8 Å². The number of hydrogen-bond acceptors (Lipinski definition) is 2. The summed E-state index contributed by atoms with van der Waals surface area (Å²) in [5.41, 5.74) is 1.63. The summed E-state index contributed by atoms with van der Waals surface area (Å²) >= 11 is 3.42. The monoisotopic (exact) mass is 322 g/mol. The maximum absolute atomic E-state index is 10.5. The molecule has 19 heavy (non-hydrogen) atoms. The van der Waals surface area contributed by atoms with Crippen LogP contribution >= 0.6 is 15.9 Å². The lowest BCUT2D eigenvalue weighted by Gasteiger charge is -2.23. The molecular weight excluding hydrogens is 304 g/mol. The van der Waals surface area contributed by atoms with Crippen molar-refractivity contribution in [1.82, 2.24) is 9.78 Å². The fraction of sp³-hybridized carbons (Fsp3) is 0.400. The van der Waals surface area contributed by atoms with Crippen molar-refractivity contribution in [3.05, 3.63) is 52.3 Å². The number of hydrogen-bond donors (Lipinski definition) is 1. The number of rotatable bonds is 5. The summed E-state index contributed by atoms with van der Waals surface area (Å²) in [5.74, 6) is 0. The molecule has 4 heteroatoms. The van der Waals surface area contributed by atoms with Crippen LogP contribution in [0.5, 0.6) is 0 Å². The standard InChI is InChI=1S/C15H19BrN2O/c1-15(19,8-7-13-10-17-18(2)11-13)9-12-3-5-14(16)6-4-12/h3-6,10-11,19H,7-9H2,1-2H3. The number of halogens is 1. The zero-order valence-corrected chi connectivity index (χ0v) is 12.9. The topological polar surface area (TPSA) is 38.0 Å². The fourth-order valence-electron chi connectivity index (χ4n) is 2.14. The van der Waals surface area contributed by atoms with E-state index in [-0.39, 0.29) is 0 Å². The van der Waals surface area contributed by atoms with Gasteiger partial charge in [0.05, 0.1) is 11.8 Å². The molecule has 0 aliphatic rings. The zero-order valence-electron chi connectivity index (χ0n) is 11.3. The molecule has 1 unspecified atom stereocenters. The molecule has 1 heterocycles. The molecule has 1 aromatic heterocycles. The van der Waals surface area contributed by atoms with E-state index < -0.39 is 5.60 Å². The normalized spacial score (nSPS) is 14.3. The van der Waals surface area contributed by atoms with Gasteiger partial charge in [0.1, 0.15) is 0 Å². The van der Waals surface area contributed by atoms with Crippen LogP contribution in [-0.4, -0.2) is 20.5 Å². The van der Waals surface area contributed by atoms with E-state index in [9.17, 15) is 5.11 Å². The Labute approximate surface area is 122 Å². The highest BCUT2D eigenvalue weighted by atomic mass is 79.9. The first-order chi connectivity index (χ1) is 8.94. The molecule has 0 aliphatic heterocycles. The summed E-state index contributed by atoms with van der Waals surface area (Å²) in [5, 5.41) is 14.6. The number of aryl methyl sites for hydroxylation is 2. The molecule has 102 valence electrons. The molecule has 0 bridgehead atoms. The molecule has 0 saturated carbocycles. The lowest BCUT2D eigenvalue weighted by molar-refractivity contribution is 0.0516. The minimum Gasteiger partial charge on any atom is -0.390 e. The molecule has 0 spiro atoms. The summed E-state index contributed by atoms with van der Waals surface area (Å²) in [4.78, 5) is 0. The Hall–Kier alpha value is -1.13. The van der Waals surface area contributed by atoms with E-state index >= 15 is 0 Å². The summed E-state index contributed by atoms with van der Waals surface area (Å²) < 4.78 is 2.85. The van der Waals surface area contributed by atoms with Gasteiger partial charge in [0.2, 0.25) is 0 Å². The summed E-state index contributed by atoms with van der Waals surface area (Å²) in [6.45, 7) is 1.89. The van der Waals surface area contributed by atoms with E-state index in [1.54, 1.807) is 4.68 Å². The average Bonchev–Trinajstić information content (AvgIpc) is 2.76. The third-order valence-corrected chi connectivity index (χ3v) is 3.74. The fourth-order valence-corrected chi connectivity index (χ4v) is 2.41. The highest BCUT2D eigenvalue weighted by Gasteiger charge is 2.21. The first kappa shape index (κ1) is 14.3. The molecule has 0 amide bonds. The summed E-state index contributed by atoms with van der Waals surface area (Å²) in [7, 11) is 1.91. The number of benzene rings is 1. The average molecular weight is 323 g/mol. The Morgan fingerprint density at radius 3 is 2.53 bits per heavy atom. The van der Waals surface area contributed by atoms with Crippen LogP contribution in [0, 0.1) is 0 Å². The second kappa shape index (κ2) is 5.88. The van der Waals surface area contributed by atoms with Gasteiger partial charge in [-0.15, -0.1) is 0 Å². The quantitative estimate of drug-likeness (QED) is 0.918. The van der Waals surface area contributed by atoms with Crippen LogP contribution in [0.3, 0.4) is 0 Å². The van der Waals surface area contributed by atoms with Gasteiger partial charge in [-0.2, -0.15) is 5.10 Å². The van der Waals surface area contributed by atoms with Gasteiger partial charge in [0.25, 0.3) is 0 Å². The minimum atomic E-state index is -0.691. The van der Waals surface area contributed by atoms with Crippen LogP contribution in [0.4, 0.5) is 0 Å². The van der Waals surface area contributed by atoms with E-state index in [1.807, 2.05) is 50.6 Å². The molecule has 1 N–H and O–H groups in total. The van der Waals surface area contributed by atoms with Crippen molar-refractivity contribution in [3.8, 4) is 0 Å². The zero-order chi connectivity index (χ0) is 13.9. The third kappa shape index (κ3) is 4.48. The maximum atomic E-state index is 10.5. The lowest BCUT2D eigenvalue weighted by Crippen LogP contribution is -2.27. The van der Waals surface area contributed by atoms with Gasteiger partial charge >= 0.3 is 0 Å². The van der Waals surface area contributed by atoms with Gasteiger partial charge in [-0.25, -0.2) is 0 Å². The van der Waals surface area contributed by atoms with Crippen LogP contribution in [0.1, 0.15) is 24.5 Å².